The van der Waals surface area contributed by atoms with Gasteiger partial charge in [0.2, 0.25) is 0 Å². The zero-order chi connectivity index (χ0) is 16.4. The van der Waals surface area contributed by atoms with E-state index < -0.39 is 0 Å². The zero-order valence-corrected chi connectivity index (χ0v) is 13.5. The molecule has 1 N–H and O–H groups in total. The van der Waals surface area contributed by atoms with Crippen LogP contribution in [0.1, 0.15) is 24.8 Å². The summed E-state index contributed by atoms with van der Waals surface area (Å²) in [4.78, 5) is 12.6. The van der Waals surface area contributed by atoms with Crippen LogP contribution in [0.15, 0.2) is 55.4 Å². The predicted octanol–water partition coefficient (Wildman–Crippen LogP) is 3.03. The lowest BCUT2D eigenvalue weighted by Crippen LogP contribution is -2.07. The summed E-state index contributed by atoms with van der Waals surface area (Å²) in [5, 5.41) is 3.49. The van der Waals surface area contributed by atoms with Gasteiger partial charge < -0.3 is 10.1 Å². The third-order valence-electron chi connectivity index (χ3n) is 4.14. The Bertz CT molecular complexity index is 818. The van der Waals surface area contributed by atoms with Crippen LogP contribution < -0.4 is 10.1 Å². The molecule has 1 aliphatic rings. The molecule has 1 fully saturated rings. The van der Waals surface area contributed by atoms with Gasteiger partial charge in [-0.3, -0.25) is 4.57 Å². The first-order chi connectivity index (χ1) is 11.8. The average Bonchev–Trinajstić information content (AvgIpc) is 3.15. The van der Waals surface area contributed by atoms with E-state index in [0.717, 1.165) is 23.8 Å². The maximum absolute atomic E-state index is 5.59. The highest BCUT2D eigenvalue weighted by molar-refractivity contribution is 5.46. The van der Waals surface area contributed by atoms with Gasteiger partial charge in [0.05, 0.1) is 6.61 Å². The Morgan fingerprint density at radius 2 is 2.25 bits per heavy atom. The second-order valence-corrected chi connectivity index (χ2v) is 5.83. The molecule has 24 heavy (non-hydrogen) atoms. The molecule has 0 unspecified atom stereocenters. The molecule has 0 amide bonds. The maximum Gasteiger partial charge on any atom is 0.143 e. The van der Waals surface area contributed by atoms with E-state index in [1.807, 2.05) is 29.8 Å². The topological polar surface area (TPSA) is 64.9 Å². The quantitative estimate of drug-likeness (QED) is 0.756. The zero-order valence-electron chi connectivity index (χ0n) is 13.5. The minimum atomic E-state index is 0.396. The third kappa shape index (κ3) is 3.08. The van der Waals surface area contributed by atoms with Crippen LogP contribution in [0, 0.1) is 0 Å². The number of rotatable bonds is 6. The molecule has 1 aliphatic carbocycles. The number of anilines is 1. The van der Waals surface area contributed by atoms with Gasteiger partial charge in [0.15, 0.2) is 0 Å². The van der Waals surface area contributed by atoms with Gasteiger partial charge in [-0.15, -0.1) is 0 Å². The Labute approximate surface area is 140 Å². The van der Waals surface area contributed by atoms with E-state index in [9.17, 15) is 0 Å². The van der Waals surface area contributed by atoms with E-state index in [1.165, 1.54) is 5.56 Å². The number of aromatic nitrogens is 4. The SMILES string of the molecule is CCOc1cccc([C@@H]2C[C@@H]2Nc2cc(-n3ccnc3)ncn2)c1. The van der Waals surface area contributed by atoms with Gasteiger partial charge in [0.1, 0.15) is 30.0 Å². The van der Waals surface area contributed by atoms with Crippen molar-refractivity contribution in [3.8, 4) is 11.6 Å². The van der Waals surface area contributed by atoms with Crippen molar-refractivity contribution in [2.45, 2.75) is 25.3 Å². The standard InChI is InChI=1S/C18H19N5O/c1-2-24-14-5-3-4-13(8-14)15-9-16(15)22-17-10-18(21-11-20-17)23-7-6-19-12-23/h3-8,10-12,15-16H,2,9H2,1H3,(H,20,21,22)/t15-,16-/m0/s1. The molecule has 6 nitrogen and oxygen atoms in total. The van der Waals surface area contributed by atoms with Crippen molar-refractivity contribution in [3.05, 3.63) is 60.9 Å². The lowest BCUT2D eigenvalue weighted by atomic mass is 10.1. The minimum Gasteiger partial charge on any atom is -0.494 e. The van der Waals surface area contributed by atoms with Gasteiger partial charge in [-0.2, -0.15) is 0 Å². The number of hydrogen-bond acceptors (Lipinski definition) is 5. The van der Waals surface area contributed by atoms with Crippen LogP contribution in [-0.2, 0) is 0 Å². The highest BCUT2D eigenvalue weighted by atomic mass is 16.5. The molecule has 4 rings (SSSR count). The van der Waals surface area contributed by atoms with Gasteiger partial charge in [-0.1, -0.05) is 12.1 Å². The van der Waals surface area contributed by atoms with Crippen LogP contribution in [0.25, 0.3) is 5.82 Å². The van der Waals surface area contributed by atoms with Gasteiger partial charge in [0.25, 0.3) is 0 Å². The summed E-state index contributed by atoms with van der Waals surface area (Å²) in [6.07, 6.45) is 8.00. The van der Waals surface area contributed by atoms with Crippen LogP contribution in [0.2, 0.25) is 0 Å². The van der Waals surface area contributed by atoms with Crippen molar-refractivity contribution in [3.63, 3.8) is 0 Å². The first-order valence-corrected chi connectivity index (χ1v) is 8.13. The van der Waals surface area contributed by atoms with E-state index in [2.05, 4.69) is 38.5 Å². The lowest BCUT2D eigenvalue weighted by Gasteiger charge is -2.08. The molecule has 3 aromatic rings. The lowest BCUT2D eigenvalue weighted by molar-refractivity contribution is 0.340. The van der Waals surface area contributed by atoms with Crippen LogP contribution >= 0.6 is 0 Å². The molecule has 1 aromatic carbocycles. The van der Waals surface area contributed by atoms with E-state index in [0.29, 0.717) is 18.6 Å². The molecule has 122 valence electrons. The van der Waals surface area contributed by atoms with Crippen molar-refractivity contribution >= 4 is 5.82 Å². The van der Waals surface area contributed by atoms with Crippen molar-refractivity contribution < 1.29 is 4.74 Å². The average molecular weight is 321 g/mol. The molecule has 2 aromatic heterocycles. The summed E-state index contributed by atoms with van der Waals surface area (Å²) in [5.41, 5.74) is 1.31. The molecular weight excluding hydrogens is 302 g/mol. The Kier molecular flexibility index (Phi) is 3.86. The summed E-state index contributed by atoms with van der Waals surface area (Å²) in [7, 11) is 0. The second kappa shape index (κ2) is 6.31. The van der Waals surface area contributed by atoms with Crippen LogP contribution in [0.5, 0.6) is 5.75 Å². The Hall–Kier alpha value is -2.89. The predicted molar refractivity (Wildman–Crippen MR) is 91.5 cm³/mol. The van der Waals surface area contributed by atoms with Crippen molar-refractivity contribution in [1.82, 2.24) is 19.5 Å². The summed E-state index contributed by atoms with van der Waals surface area (Å²) in [5.74, 6) is 3.07. The molecule has 2 atom stereocenters. The number of nitrogens with one attached hydrogen (secondary N) is 1. The Balaban J connectivity index is 1.44. The van der Waals surface area contributed by atoms with E-state index >= 15 is 0 Å². The Morgan fingerprint density at radius 1 is 1.29 bits per heavy atom. The molecule has 0 aliphatic heterocycles. The number of imidazole rings is 1. The van der Waals surface area contributed by atoms with E-state index in [1.54, 1.807) is 18.9 Å². The fourth-order valence-electron chi connectivity index (χ4n) is 2.88. The molecule has 0 bridgehead atoms. The fraction of sp³-hybridized carbons (Fsp3) is 0.278. The highest BCUT2D eigenvalue weighted by Gasteiger charge is 2.38. The molecule has 1 saturated carbocycles. The van der Waals surface area contributed by atoms with E-state index in [4.69, 9.17) is 4.74 Å². The summed E-state index contributed by atoms with van der Waals surface area (Å²) in [6, 6.07) is 10.7. The molecule has 0 radical (unpaired) electrons. The van der Waals surface area contributed by atoms with Gasteiger partial charge in [0, 0.05) is 30.4 Å². The summed E-state index contributed by atoms with van der Waals surface area (Å²) >= 11 is 0. The summed E-state index contributed by atoms with van der Waals surface area (Å²) in [6.45, 7) is 2.69. The molecule has 6 heteroatoms. The second-order valence-electron chi connectivity index (χ2n) is 5.83. The normalized spacial score (nSPS) is 19.0. The molecule has 2 heterocycles. The number of hydrogen-bond donors (Lipinski definition) is 1. The molecule has 0 spiro atoms. The summed E-state index contributed by atoms with van der Waals surface area (Å²) < 4.78 is 7.45. The fourth-order valence-corrected chi connectivity index (χ4v) is 2.88. The Morgan fingerprint density at radius 3 is 3.08 bits per heavy atom. The van der Waals surface area contributed by atoms with Crippen LogP contribution in [0.4, 0.5) is 5.82 Å². The maximum atomic E-state index is 5.59. The van der Waals surface area contributed by atoms with Gasteiger partial charge in [-0.25, -0.2) is 15.0 Å². The van der Waals surface area contributed by atoms with Crippen LogP contribution in [-0.4, -0.2) is 32.2 Å². The van der Waals surface area contributed by atoms with E-state index in [-0.39, 0.29) is 0 Å². The first kappa shape index (κ1) is 14.7. The largest absolute Gasteiger partial charge is 0.494 e. The number of benzene rings is 1. The highest BCUT2D eigenvalue weighted by Crippen LogP contribution is 2.43. The van der Waals surface area contributed by atoms with Crippen molar-refractivity contribution in [2.24, 2.45) is 0 Å². The first-order valence-electron chi connectivity index (χ1n) is 8.13. The molecule has 0 saturated heterocycles. The smallest absolute Gasteiger partial charge is 0.143 e. The van der Waals surface area contributed by atoms with Crippen molar-refractivity contribution in [1.29, 1.82) is 0 Å². The van der Waals surface area contributed by atoms with Crippen molar-refractivity contribution in [2.75, 3.05) is 11.9 Å². The third-order valence-corrected chi connectivity index (χ3v) is 4.14. The molecular formula is C18H19N5O. The number of nitrogens with zero attached hydrogens (tertiary/aromatic N) is 4. The minimum absolute atomic E-state index is 0.396. The van der Waals surface area contributed by atoms with Crippen LogP contribution in [0.3, 0.4) is 0 Å². The van der Waals surface area contributed by atoms with Gasteiger partial charge >= 0.3 is 0 Å². The van der Waals surface area contributed by atoms with Gasteiger partial charge in [-0.05, 0) is 31.0 Å². The monoisotopic (exact) mass is 321 g/mol. The number of ether oxygens (including phenoxy) is 1.